The minimum Gasteiger partial charge on any atom is -0.493 e. The van der Waals surface area contributed by atoms with Crippen LogP contribution < -0.4 is 14.8 Å². The Morgan fingerprint density at radius 2 is 1.90 bits per heavy atom. The lowest BCUT2D eigenvalue weighted by atomic mass is 10.1. The summed E-state index contributed by atoms with van der Waals surface area (Å²) in [6, 6.07) is 3.64. The van der Waals surface area contributed by atoms with Crippen LogP contribution in [0.2, 0.25) is 0 Å². The van der Waals surface area contributed by atoms with E-state index in [1.165, 1.54) is 33.1 Å². The van der Waals surface area contributed by atoms with Gasteiger partial charge in [0.2, 0.25) is 0 Å². The van der Waals surface area contributed by atoms with Crippen LogP contribution in [0, 0.1) is 0 Å². The van der Waals surface area contributed by atoms with E-state index in [-0.39, 0.29) is 17.1 Å². The maximum Gasteiger partial charge on any atom is 0.387 e. The van der Waals surface area contributed by atoms with Crippen molar-refractivity contribution < 1.29 is 33.0 Å². The lowest BCUT2D eigenvalue weighted by Gasteiger charge is -2.21. The Labute approximate surface area is 119 Å². The van der Waals surface area contributed by atoms with Gasteiger partial charge in [0.25, 0.3) is 5.91 Å². The Morgan fingerprint density at radius 3 is 2.38 bits per heavy atom. The summed E-state index contributed by atoms with van der Waals surface area (Å²) in [6.07, 6.45) is 0. The van der Waals surface area contributed by atoms with E-state index in [4.69, 9.17) is 9.84 Å². The third kappa shape index (κ3) is 4.30. The number of carbonyl (C=O) groups excluding carboxylic acids is 1. The maximum atomic E-state index is 12.3. The number of methoxy groups -OCH3 is 1. The van der Waals surface area contributed by atoms with Crippen molar-refractivity contribution in [1.29, 1.82) is 0 Å². The Morgan fingerprint density at radius 1 is 1.29 bits per heavy atom. The van der Waals surface area contributed by atoms with E-state index >= 15 is 0 Å². The second-order valence-electron chi connectivity index (χ2n) is 4.63. The molecule has 116 valence electrons. The van der Waals surface area contributed by atoms with Gasteiger partial charge in [-0.05, 0) is 32.0 Å². The van der Waals surface area contributed by atoms with E-state index in [0.717, 1.165) is 6.07 Å². The summed E-state index contributed by atoms with van der Waals surface area (Å²) in [5.41, 5.74) is -1.53. The normalized spacial score (nSPS) is 11.1. The summed E-state index contributed by atoms with van der Waals surface area (Å²) in [7, 11) is 1.26. The van der Waals surface area contributed by atoms with E-state index in [1.807, 2.05) is 0 Å². The number of benzene rings is 1. The van der Waals surface area contributed by atoms with Gasteiger partial charge in [0.15, 0.2) is 11.5 Å². The first-order valence-electron chi connectivity index (χ1n) is 5.86. The largest absolute Gasteiger partial charge is 0.493 e. The maximum absolute atomic E-state index is 12.3. The first-order valence-corrected chi connectivity index (χ1v) is 5.86. The lowest BCUT2D eigenvalue weighted by molar-refractivity contribution is -0.143. The van der Waals surface area contributed by atoms with Gasteiger partial charge in [-0.15, -0.1) is 0 Å². The van der Waals surface area contributed by atoms with Crippen molar-refractivity contribution >= 4 is 11.9 Å². The zero-order chi connectivity index (χ0) is 16.2. The molecule has 2 N–H and O–H groups in total. The molecule has 0 aliphatic rings. The number of nitrogens with one attached hydrogen (secondary N) is 1. The van der Waals surface area contributed by atoms with Gasteiger partial charge in [-0.25, -0.2) is 4.79 Å². The molecule has 0 radical (unpaired) electrons. The van der Waals surface area contributed by atoms with Gasteiger partial charge >= 0.3 is 12.6 Å². The highest BCUT2D eigenvalue weighted by molar-refractivity contribution is 5.98. The molecule has 8 heteroatoms. The standard InChI is InChI=1S/C13H15F2NO5/c1-13(2,11(18)19)16-10(17)7-4-5-8(20-3)9(6-7)21-12(14)15/h4-6,12H,1-3H3,(H,16,17)(H,18,19). The van der Waals surface area contributed by atoms with Crippen LogP contribution in [0.5, 0.6) is 11.5 Å². The van der Waals surface area contributed by atoms with Gasteiger partial charge < -0.3 is 19.9 Å². The fourth-order valence-electron chi connectivity index (χ4n) is 1.42. The first kappa shape index (κ1) is 16.7. The van der Waals surface area contributed by atoms with Crippen molar-refractivity contribution in [3.05, 3.63) is 23.8 Å². The summed E-state index contributed by atoms with van der Waals surface area (Å²) >= 11 is 0. The highest BCUT2D eigenvalue weighted by atomic mass is 19.3. The number of aliphatic carboxylic acids is 1. The molecule has 0 unspecified atom stereocenters. The number of carboxylic acid groups (broad SMARTS) is 1. The molecule has 0 spiro atoms. The zero-order valence-corrected chi connectivity index (χ0v) is 11.6. The van der Waals surface area contributed by atoms with Crippen molar-refractivity contribution in [1.82, 2.24) is 5.32 Å². The van der Waals surface area contributed by atoms with Gasteiger partial charge in [-0.3, -0.25) is 4.79 Å². The van der Waals surface area contributed by atoms with Crippen molar-refractivity contribution in [2.75, 3.05) is 7.11 Å². The van der Waals surface area contributed by atoms with E-state index in [0.29, 0.717) is 0 Å². The average molecular weight is 303 g/mol. The molecule has 1 rings (SSSR count). The minimum absolute atomic E-state index is 0.0271. The Balaban J connectivity index is 3.03. The molecule has 0 aromatic heterocycles. The van der Waals surface area contributed by atoms with Crippen LogP contribution in [0.1, 0.15) is 24.2 Å². The molecule has 0 fully saturated rings. The number of ether oxygens (including phenoxy) is 2. The number of amides is 1. The first-order chi connectivity index (χ1) is 9.67. The Bertz CT molecular complexity index is 545. The SMILES string of the molecule is COc1ccc(C(=O)NC(C)(C)C(=O)O)cc1OC(F)F. The molecule has 0 saturated carbocycles. The topological polar surface area (TPSA) is 84.9 Å². The molecule has 1 aromatic carbocycles. The molecule has 0 aliphatic carbocycles. The predicted molar refractivity (Wildman–Crippen MR) is 68.8 cm³/mol. The fourth-order valence-corrected chi connectivity index (χ4v) is 1.42. The van der Waals surface area contributed by atoms with Gasteiger partial charge in [-0.2, -0.15) is 8.78 Å². The predicted octanol–water partition coefficient (Wildman–Crippen LogP) is 1.89. The third-order valence-electron chi connectivity index (χ3n) is 2.60. The van der Waals surface area contributed by atoms with Crippen molar-refractivity contribution in [2.45, 2.75) is 26.0 Å². The van der Waals surface area contributed by atoms with Crippen molar-refractivity contribution in [3.63, 3.8) is 0 Å². The molecule has 1 amide bonds. The van der Waals surface area contributed by atoms with E-state index in [9.17, 15) is 18.4 Å². The van der Waals surface area contributed by atoms with Crippen molar-refractivity contribution in [2.24, 2.45) is 0 Å². The summed E-state index contributed by atoms with van der Waals surface area (Å²) in [4.78, 5) is 22.9. The molecule has 0 bridgehead atoms. The van der Waals surface area contributed by atoms with E-state index in [1.54, 1.807) is 0 Å². The molecule has 0 atom stereocenters. The molecular weight excluding hydrogens is 288 g/mol. The van der Waals surface area contributed by atoms with Crippen LogP contribution in [0.25, 0.3) is 0 Å². The van der Waals surface area contributed by atoms with Crippen LogP contribution in [0.3, 0.4) is 0 Å². The lowest BCUT2D eigenvalue weighted by Crippen LogP contribution is -2.49. The Hall–Kier alpha value is -2.38. The van der Waals surface area contributed by atoms with Crippen molar-refractivity contribution in [3.8, 4) is 11.5 Å². The quantitative estimate of drug-likeness (QED) is 0.838. The van der Waals surface area contributed by atoms with Crippen LogP contribution in [-0.4, -0.2) is 36.2 Å². The van der Waals surface area contributed by atoms with Crippen LogP contribution in [-0.2, 0) is 4.79 Å². The third-order valence-corrected chi connectivity index (χ3v) is 2.60. The summed E-state index contributed by atoms with van der Waals surface area (Å²) < 4.78 is 33.7. The molecule has 21 heavy (non-hydrogen) atoms. The molecule has 6 nitrogen and oxygen atoms in total. The molecule has 0 heterocycles. The Kier molecular flexibility index (Phi) is 5.07. The summed E-state index contributed by atoms with van der Waals surface area (Å²) in [5.74, 6) is -2.24. The second kappa shape index (κ2) is 6.38. The molecule has 0 aliphatic heterocycles. The number of rotatable bonds is 6. The summed E-state index contributed by atoms with van der Waals surface area (Å²) in [6.45, 7) is -0.478. The van der Waals surface area contributed by atoms with Gasteiger partial charge in [0.1, 0.15) is 5.54 Å². The number of alkyl halides is 2. The fraction of sp³-hybridized carbons (Fsp3) is 0.385. The molecular formula is C13H15F2NO5. The van der Waals surface area contributed by atoms with Crippen LogP contribution in [0.15, 0.2) is 18.2 Å². The number of hydrogen-bond donors (Lipinski definition) is 2. The average Bonchev–Trinajstić information content (AvgIpc) is 2.37. The summed E-state index contributed by atoms with van der Waals surface area (Å²) in [5, 5.41) is 11.2. The number of hydrogen-bond acceptors (Lipinski definition) is 4. The van der Waals surface area contributed by atoms with Crippen LogP contribution in [0.4, 0.5) is 8.78 Å². The highest BCUT2D eigenvalue weighted by Gasteiger charge is 2.29. The van der Waals surface area contributed by atoms with E-state index in [2.05, 4.69) is 10.1 Å². The van der Waals surface area contributed by atoms with Gasteiger partial charge in [-0.1, -0.05) is 0 Å². The van der Waals surface area contributed by atoms with Gasteiger partial charge in [0.05, 0.1) is 7.11 Å². The second-order valence-corrected chi connectivity index (χ2v) is 4.63. The van der Waals surface area contributed by atoms with E-state index < -0.39 is 24.0 Å². The number of carboxylic acids is 1. The highest BCUT2D eigenvalue weighted by Crippen LogP contribution is 2.29. The molecule has 1 aromatic rings. The minimum atomic E-state index is -3.08. The van der Waals surface area contributed by atoms with Gasteiger partial charge in [0, 0.05) is 5.56 Å². The number of halogens is 2. The zero-order valence-electron chi connectivity index (χ0n) is 11.6. The molecule has 0 saturated heterocycles. The number of carbonyl (C=O) groups is 2. The smallest absolute Gasteiger partial charge is 0.387 e. The monoisotopic (exact) mass is 303 g/mol. The van der Waals surface area contributed by atoms with Crippen LogP contribution >= 0.6 is 0 Å².